The Kier molecular flexibility index (Phi) is 3.40. The molecule has 1 aliphatic rings. The highest BCUT2D eigenvalue weighted by Gasteiger charge is 2.39. The van der Waals surface area contributed by atoms with Crippen LogP contribution in [-0.2, 0) is 4.74 Å². The van der Waals surface area contributed by atoms with E-state index >= 15 is 0 Å². The second-order valence-electron chi connectivity index (χ2n) is 3.65. The highest BCUT2D eigenvalue weighted by atomic mass is 16.9. The van der Waals surface area contributed by atoms with Crippen LogP contribution in [0.1, 0.15) is 13.8 Å². The summed E-state index contributed by atoms with van der Waals surface area (Å²) in [4.78, 5) is 0. The maximum Gasteiger partial charge on any atom is 0.369 e. The second-order valence-corrected chi connectivity index (χ2v) is 3.65. The minimum Gasteiger partial charge on any atom is -0.487 e. The lowest BCUT2D eigenvalue weighted by molar-refractivity contribution is -0.266. The number of rotatable bonds is 5. The molecule has 5 nitrogen and oxygen atoms in total. The first-order valence-electron chi connectivity index (χ1n) is 5.57. The number of hydrogen-bond donors (Lipinski definition) is 1. The van der Waals surface area contributed by atoms with E-state index in [2.05, 4.69) is 0 Å². The van der Waals surface area contributed by atoms with Crippen molar-refractivity contribution in [2.45, 2.75) is 19.8 Å². The molecule has 17 heavy (non-hydrogen) atoms. The number of aliphatic hydroxyl groups excluding tert-OH is 1. The zero-order chi connectivity index (χ0) is 12.3. The van der Waals surface area contributed by atoms with Crippen molar-refractivity contribution in [3.63, 3.8) is 0 Å². The quantitative estimate of drug-likeness (QED) is 0.846. The average Bonchev–Trinajstić information content (AvgIpc) is 2.63. The van der Waals surface area contributed by atoms with Gasteiger partial charge in [-0.3, -0.25) is 0 Å². The standard InChI is InChI=1S/C12H16O5/c1-3-15-12(2)16-10-6-4-5-9(11(10)17-12)14-8-7-13/h4-6,13H,3,7-8H2,1-2H3. The van der Waals surface area contributed by atoms with Crippen molar-refractivity contribution in [1.29, 1.82) is 0 Å². The Morgan fingerprint density at radius 3 is 2.88 bits per heavy atom. The van der Waals surface area contributed by atoms with E-state index in [9.17, 15) is 0 Å². The molecule has 0 aliphatic carbocycles. The third-order valence-corrected chi connectivity index (χ3v) is 2.28. The molecule has 0 aromatic heterocycles. The molecule has 0 saturated carbocycles. The summed E-state index contributed by atoms with van der Waals surface area (Å²) in [6.45, 7) is 4.21. The number of aliphatic hydroxyl groups is 1. The summed E-state index contributed by atoms with van der Waals surface area (Å²) in [6, 6.07) is 5.34. The number of fused-ring (bicyclic) bond motifs is 1. The lowest BCUT2D eigenvalue weighted by atomic mass is 10.3. The van der Waals surface area contributed by atoms with Crippen LogP contribution in [0.4, 0.5) is 0 Å². The van der Waals surface area contributed by atoms with E-state index in [1.54, 1.807) is 25.1 Å². The van der Waals surface area contributed by atoms with Gasteiger partial charge in [0, 0.05) is 6.92 Å². The third kappa shape index (κ3) is 2.45. The Bertz CT molecular complexity index is 392. The Morgan fingerprint density at radius 2 is 2.18 bits per heavy atom. The van der Waals surface area contributed by atoms with E-state index in [4.69, 9.17) is 24.1 Å². The molecule has 0 saturated heterocycles. The second kappa shape index (κ2) is 4.81. The highest BCUT2D eigenvalue weighted by Crippen LogP contribution is 2.46. The van der Waals surface area contributed by atoms with Crippen LogP contribution in [0, 0.1) is 0 Å². The molecule has 1 atom stereocenters. The molecule has 0 spiro atoms. The maximum absolute atomic E-state index is 8.74. The van der Waals surface area contributed by atoms with Crippen LogP contribution in [-0.4, -0.2) is 30.9 Å². The van der Waals surface area contributed by atoms with Crippen molar-refractivity contribution in [1.82, 2.24) is 0 Å². The predicted octanol–water partition coefficient (Wildman–Crippen LogP) is 1.54. The van der Waals surface area contributed by atoms with Crippen molar-refractivity contribution in [2.24, 2.45) is 0 Å². The van der Waals surface area contributed by atoms with E-state index in [-0.39, 0.29) is 13.2 Å². The summed E-state index contributed by atoms with van der Waals surface area (Å²) >= 11 is 0. The van der Waals surface area contributed by atoms with Crippen LogP contribution in [0.5, 0.6) is 17.2 Å². The largest absolute Gasteiger partial charge is 0.487 e. The minimum absolute atomic E-state index is 0.0484. The van der Waals surface area contributed by atoms with Crippen LogP contribution < -0.4 is 14.2 Å². The SMILES string of the molecule is CCOC1(C)Oc2cccc(OCCO)c2O1. The zero-order valence-electron chi connectivity index (χ0n) is 9.93. The first-order valence-corrected chi connectivity index (χ1v) is 5.57. The van der Waals surface area contributed by atoms with E-state index < -0.39 is 5.97 Å². The molecule has 1 aromatic rings. The van der Waals surface area contributed by atoms with Gasteiger partial charge in [-0.2, -0.15) is 0 Å². The highest BCUT2D eigenvalue weighted by molar-refractivity contribution is 5.53. The summed E-state index contributed by atoms with van der Waals surface area (Å²) < 4.78 is 21.9. The van der Waals surface area contributed by atoms with Crippen molar-refractivity contribution >= 4 is 0 Å². The molecule has 2 rings (SSSR count). The summed E-state index contributed by atoms with van der Waals surface area (Å²) in [5, 5.41) is 8.74. The summed E-state index contributed by atoms with van der Waals surface area (Å²) in [5.74, 6) is 0.531. The molecule has 5 heteroatoms. The van der Waals surface area contributed by atoms with Gasteiger partial charge in [-0.05, 0) is 19.1 Å². The molecule has 1 N–H and O–H groups in total. The average molecular weight is 240 g/mol. The fourth-order valence-corrected chi connectivity index (χ4v) is 1.67. The van der Waals surface area contributed by atoms with Gasteiger partial charge in [0.15, 0.2) is 11.5 Å². The third-order valence-electron chi connectivity index (χ3n) is 2.28. The molecule has 0 bridgehead atoms. The maximum atomic E-state index is 8.74. The Labute approximate surface area is 99.9 Å². The first-order chi connectivity index (χ1) is 8.18. The monoisotopic (exact) mass is 240 g/mol. The van der Waals surface area contributed by atoms with Crippen LogP contribution in [0.25, 0.3) is 0 Å². The summed E-state index contributed by atoms with van der Waals surface area (Å²) in [6.07, 6.45) is 0. The number of benzene rings is 1. The van der Waals surface area contributed by atoms with Crippen molar-refractivity contribution in [2.75, 3.05) is 19.8 Å². The van der Waals surface area contributed by atoms with E-state index in [1.807, 2.05) is 6.92 Å². The van der Waals surface area contributed by atoms with Crippen LogP contribution in [0.2, 0.25) is 0 Å². The molecule has 1 unspecified atom stereocenters. The number of para-hydroxylation sites is 1. The molecule has 0 fully saturated rings. The van der Waals surface area contributed by atoms with E-state index in [0.29, 0.717) is 23.9 Å². The van der Waals surface area contributed by atoms with Gasteiger partial charge in [0.05, 0.1) is 13.2 Å². The lowest BCUT2D eigenvalue weighted by Gasteiger charge is -2.21. The molecule has 1 heterocycles. The van der Waals surface area contributed by atoms with Crippen molar-refractivity contribution < 1.29 is 24.1 Å². The Hall–Kier alpha value is -1.46. The van der Waals surface area contributed by atoms with E-state index in [1.165, 1.54) is 0 Å². The summed E-state index contributed by atoms with van der Waals surface area (Å²) in [7, 11) is 0. The molecule has 0 radical (unpaired) electrons. The normalized spacial score (nSPS) is 21.6. The predicted molar refractivity (Wildman–Crippen MR) is 60.3 cm³/mol. The first kappa shape index (κ1) is 12.0. The van der Waals surface area contributed by atoms with Crippen LogP contribution in [0.3, 0.4) is 0 Å². The smallest absolute Gasteiger partial charge is 0.369 e. The molecule has 94 valence electrons. The van der Waals surface area contributed by atoms with Gasteiger partial charge in [-0.25, -0.2) is 0 Å². The van der Waals surface area contributed by atoms with Crippen LogP contribution >= 0.6 is 0 Å². The van der Waals surface area contributed by atoms with Gasteiger partial charge in [0.25, 0.3) is 0 Å². The number of hydrogen-bond acceptors (Lipinski definition) is 5. The molecule has 0 amide bonds. The lowest BCUT2D eigenvalue weighted by Crippen LogP contribution is -2.37. The van der Waals surface area contributed by atoms with Gasteiger partial charge < -0.3 is 24.1 Å². The molecular formula is C12H16O5. The van der Waals surface area contributed by atoms with Crippen molar-refractivity contribution in [3.8, 4) is 17.2 Å². The van der Waals surface area contributed by atoms with Crippen LogP contribution in [0.15, 0.2) is 18.2 Å². The minimum atomic E-state index is -1.10. The molecule has 1 aromatic carbocycles. The van der Waals surface area contributed by atoms with E-state index in [0.717, 1.165) is 0 Å². The fraction of sp³-hybridized carbons (Fsp3) is 0.500. The Morgan fingerprint density at radius 1 is 1.35 bits per heavy atom. The van der Waals surface area contributed by atoms with Crippen molar-refractivity contribution in [3.05, 3.63) is 18.2 Å². The topological polar surface area (TPSA) is 57.2 Å². The molecule has 1 aliphatic heterocycles. The zero-order valence-corrected chi connectivity index (χ0v) is 9.93. The van der Waals surface area contributed by atoms with Gasteiger partial charge in [0.2, 0.25) is 5.75 Å². The van der Waals surface area contributed by atoms with Gasteiger partial charge in [0.1, 0.15) is 6.61 Å². The van der Waals surface area contributed by atoms with Gasteiger partial charge >= 0.3 is 5.97 Å². The molecular weight excluding hydrogens is 224 g/mol. The Balaban J connectivity index is 2.19. The fourth-order valence-electron chi connectivity index (χ4n) is 1.67. The summed E-state index contributed by atoms with van der Waals surface area (Å²) in [5.41, 5.74) is 0. The van der Waals surface area contributed by atoms with Gasteiger partial charge in [-0.15, -0.1) is 0 Å². The van der Waals surface area contributed by atoms with Gasteiger partial charge in [-0.1, -0.05) is 6.07 Å². The number of ether oxygens (including phenoxy) is 4.